The van der Waals surface area contributed by atoms with Crippen molar-refractivity contribution < 1.29 is 28.6 Å². The monoisotopic (exact) mass is 831 g/mol. The minimum absolute atomic E-state index is 0.0822. The van der Waals surface area contributed by atoms with Crippen molar-refractivity contribution in [2.45, 2.75) is 284 Å². The van der Waals surface area contributed by atoms with Gasteiger partial charge in [0.15, 0.2) is 6.10 Å². The zero-order chi connectivity index (χ0) is 43.0. The summed E-state index contributed by atoms with van der Waals surface area (Å²) in [6, 6.07) is 0. The molecule has 6 nitrogen and oxygen atoms in total. The molecule has 0 aliphatic heterocycles. The summed E-state index contributed by atoms with van der Waals surface area (Å²) in [5, 5.41) is 0. The molecule has 59 heavy (non-hydrogen) atoms. The van der Waals surface area contributed by atoms with E-state index < -0.39 is 6.10 Å². The van der Waals surface area contributed by atoms with Crippen LogP contribution in [0.4, 0.5) is 0 Å². The second-order valence-corrected chi connectivity index (χ2v) is 17.4. The molecule has 0 aromatic carbocycles. The molecule has 0 spiro atoms. The van der Waals surface area contributed by atoms with Gasteiger partial charge in [-0.1, -0.05) is 218 Å². The van der Waals surface area contributed by atoms with Crippen molar-refractivity contribution in [1.29, 1.82) is 0 Å². The summed E-state index contributed by atoms with van der Waals surface area (Å²) < 4.78 is 16.7. The number of carbonyl (C=O) groups excluding carboxylic acids is 3. The van der Waals surface area contributed by atoms with E-state index in [-0.39, 0.29) is 31.1 Å². The van der Waals surface area contributed by atoms with Gasteiger partial charge < -0.3 is 14.2 Å². The summed E-state index contributed by atoms with van der Waals surface area (Å²) in [7, 11) is 0. The first-order chi connectivity index (χ1) is 29.0. The van der Waals surface area contributed by atoms with E-state index in [0.29, 0.717) is 19.3 Å². The average Bonchev–Trinajstić information content (AvgIpc) is 3.23. The molecule has 1 unspecified atom stereocenters. The molecule has 0 aliphatic rings. The minimum Gasteiger partial charge on any atom is -0.462 e. The SMILES string of the molecule is CCCCCC/C=C\CCCC(=O)OCC(COC(=O)CCCCCCCCCCCCCCCCCCCCC)OC(=O)CCCCC/C=C\CCCCCCCC. The Bertz CT molecular complexity index is 958. The molecule has 0 aromatic rings. The number of allylic oxidation sites excluding steroid dienone is 4. The Labute approximate surface area is 366 Å². The van der Waals surface area contributed by atoms with Gasteiger partial charge in [-0.05, 0) is 64.2 Å². The number of hydrogen-bond donors (Lipinski definition) is 0. The van der Waals surface area contributed by atoms with E-state index in [0.717, 1.165) is 70.6 Å². The molecular formula is C53H98O6. The van der Waals surface area contributed by atoms with Crippen LogP contribution >= 0.6 is 0 Å². The highest BCUT2D eigenvalue weighted by Crippen LogP contribution is 2.16. The lowest BCUT2D eigenvalue weighted by Gasteiger charge is -2.18. The molecule has 0 aliphatic carbocycles. The van der Waals surface area contributed by atoms with Gasteiger partial charge in [0.1, 0.15) is 13.2 Å². The molecule has 0 fully saturated rings. The van der Waals surface area contributed by atoms with E-state index in [9.17, 15) is 14.4 Å². The number of carbonyl (C=O) groups is 3. The smallest absolute Gasteiger partial charge is 0.306 e. The summed E-state index contributed by atoms with van der Waals surface area (Å²) in [4.78, 5) is 37.8. The number of rotatable bonds is 47. The molecule has 0 heterocycles. The van der Waals surface area contributed by atoms with Gasteiger partial charge in [-0.3, -0.25) is 14.4 Å². The lowest BCUT2D eigenvalue weighted by atomic mass is 10.0. The second kappa shape index (κ2) is 48.6. The van der Waals surface area contributed by atoms with E-state index in [1.165, 1.54) is 167 Å². The highest BCUT2D eigenvalue weighted by molar-refractivity contribution is 5.71. The van der Waals surface area contributed by atoms with Gasteiger partial charge in [-0.15, -0.1) is 0 Å². The molecule has 0 saturated carbocycles. The molecule has 6 heteroatoms. The fraction of sp³-hybridized carbons (Fsp3) is 0.868. The molecule has 1 atom stereocenters. The van der Waals surface area contributed by atoms with Crippen LogP contribution in [0.3, 0.4) is 0 Å². The van der Waals surface area contributed by atoms with Crippen LogP contribution in [0.15, 0.2) is 24.3 Å². The van der Waals surface area contributed by atoms with Crippen molar-refractivity contribution in [2.24, 2.45) is 0 Å². The quantitative estimate of drug-likeness (QED) is 0.0263. The lowest BCUT2D eigenvalue weighted by molar-refractivity contribution is -0.167. The molecule has 0 N–H and O–H groups in total. The third-order valence-corrected chi connectivity index (χ3v) is 11.4. The molecule has 0 radical (unpaired) electrons. The largest absolute Gasteiger partial charge is 0.462 e. The predicted octanol–water partition coefficient (Wildman–Crippen LogP) is 16.8. The molecule has 0 aromatic heterocycles. The van der Waals surface area contributed by atoms with Crippen LogP contribution in [0, 0.1) is 0 Å². The van der Waals surface area contributed by atoms with Crippen LogP contribution in [0.2, 0.25) is 0 Å². The van der Waals surface area contributed by atoms with Gasteiger partial charge in [0.05, 0.1) is 0 Å². The first-order valence-corrected chi connectivity index (χ1v) is 25.8. The van der Waals surface area contributed by atoms with Gasteiger partial charge in [0.25, 0.3) is 0 Å². The van der Waals surface area contributed by atoms with Gasteiger partial charge >= 0.3 is 17.9 Å². The van der Waals surface area contributed by atoms with Crippen molar-refractivity contribution >= 4 is 17.9 Å². The maximum absolute atomic E-state index is 12.7. The maximum Gasteiger partial charge on any atom is 0.306 e. The van der Waals surface area contributed by atoms with Crippen molar-refractivity contribution in [3.63, 3.8) is 0 Å². The van der Waals surface area contributed by atoms with E-state index in [1.807, 2.05) is 0 Å². The van der Waals surface area contributed by atoms with Crippen LogP contribution in [-0.4, -0.2) is 37.2 Å². The predicted molar refractivity (Wildman–Crippen MR) is 252 cm³/mol. The summed E-state index contributed by atoms with van der Waals surface area (Å²) in [5.74, 6) is -0.925. The topological polar surface area (TPSA) is 78.9 Å². The van der Waals surface area contributed by atoms with Crippen LogP contribution < -0.4 is 0 Å². The molecular weight excluding hydrogens is 733 g/mol. The van der Waals surface area contributed by atoms with E-state index in [1.54, 1.807) is 0 Å². The fourth-order valence-electron chi connectivity index (χ4n) is 7.50. The molecule has 346 valence electrons. The highest BCUT2D eigenvalue weighted by Gasteiger charge is 2.19. The standard InChI is InChI=1S/C53H98O6/c1-4-7-10-13-16-19-21-23-24-25-26-27-28-30-31-34-37-40-43-46-52(55)58-49-50(48-57-51(54)45-42-39-36-33-18-15-12-9-6-3)59-53(56)47-44-41-38-35-32-29-22-20-17-14-11-8-5-2/h29,32-33,36,50H,4-28,30-31,34-35,37-49H2,1-3H3/b32-29-,36-33-. The van der Waals surface area contributed by atoms with E-state index >= 15 is 0 Å². The third kappa shape index (κ3) is 46.8. The minimum atomic E-state index is -0.784. The Balaban J connectivity index is 4.27. The number of esters is 3. The molecule has 0 rings (SSSR count). The van der Waals surface area contributed by atoms with Crippen molar-refractivity contribution in [2.75, 3.05) is 13.2 Å². The van der Waals surface area contributed by atoms with Crippen molar-refractivity contribution in [3.8, 4) is 0 Å². The average molecular weight is 831 g/mol. The molecule has 0 bridgehead atoms. The first-order valence-electron chi connectivity index (χ1n) is 25.8. The van der Waals surface area contributed by atoms with Crippen LogP contribution in [0.25, 0.3) is 0 Å². The maximum atomic E-state index is 12.7. The van der Waals surface area contributed by atoms with E-state index in [2.05, 4.69) is 45.1 Å². The van der Waals surface area contributed by atoms with Gasteiger partial charge in [0.2, 0.25) is 0 Å². The van der Waals surface area contributed by atoms with Gasteiger partial charge in [-0.2, -0.15) is 0 Å². The van der Waals surface area contributed by atoms with Gasteiger partial charge in [-0.25, -0.2) is 0 Å². The Morgan fingerprint density at radius 2 is 0.576 bits per heavy atom. The zero-order valence-electron chi connectivity index (χ0n) is 39.5. The number of hydrogen-bond acceptors (Lipinski definition) is 6. The Hall–Kier alpha value is -2.11. The Morgan fingerprint density at radius 3 is 0.949 bits per heavy atom. The highest BCUT2D eigenvalue weighted by atomic mass is 16.6. The van der Waals surface area contributed by atoms with Crippen molar-refractivity contribution in [3.05, 3.63) is 24.3 Å². The molecule has 0 amide bonds. The zero-order valence-corrected chi connectivity index (χ0v) is 39.5. The third-order valence-electron chi connectivity index (χ3n) is 11.4. The van der Waals surface area contributed by atoms with E-state index in [4.69, 9.17) is 14.2 Å². The van der Waals surface area contributed by atoms with Crippen LogP contribution in [0.1, 0.15) is 278 Å². The second-order valence-electron chi connectivity index (χ2n) is 17.4. The summed E-state index contributed by atoms with van der Waals surface area (Å²) in [6.45, 7) is 6.58. The summed E-state index contributed by atoms with van der Waals surface area (Å²) in [5.41, 5.74) is 0. The number of ether oxygens (including phenoxy) is 3. The summed E-state index contributed by atoms with van der Waals surface area (Å²) >= 11 is 0. The fourth-order valence-corrected chi connectivity index (χ4v) is 7.50. The Kier molecular flexibility index (Phi) is 46.8. The molecule has 0 saturated heterocycles. The number of unbranched alkanes of at least 4 members (excludes halogenated alkanes) is 32. The lowest BCUT2D eigenvalue weighted by Crippen LogP contribution is -2.30. The van der Waals surface area contributed by atoms with Crippen LogP contribution in [0.5, 0.6) is 0 Å². The normalized spacial score (nSPS) is 12.1. The Morgan fingerprint density at radius 1 is 0.322 bits per heavy atom. The van der Waals surface area contributed by atoms with Gasteiger partial charge in [0, 0.05) is 19.3 Å². The van der Waals surface area contributed by atoms with Crippen LogP contribution in [-0.2, 0) is 28.6 Å². The summed E-state index contributed by atoms with van der Waals surface area (Å²) in [6.07, 6.45) is 54.7. The first kappa shape index (κ1) is 56.9. The van der Waals surface area contributed by atoms with Crippen molar-refractivity contribution in [1.82, 2.24) is 0 Å².